The Bertz CT molecular complexity index is 937. The lowest BCUT2D eigenvalue weighted by Gasteiger charge is -2.68. The summed E-state index contributed by atoms with van der Waals surface area (Å²) in [5, 5.41) is 23.3. The standard InChI is InChI=1S/C26H37N3O3/c27-9-1-8-2-17(30)12-3-10(28)5-14-20-19(12)21-18(8)13(4-9)25(32)22-15-6-11(29)7-16(24(14)31)26(15,22)23(20)21/h4,8,10-24,30-31H,1-3,5-7,27-29H2/t8?,10?,11?,12?,13?,14?,15?,16?,17?,18?,19?,20?,21-,22-,23?,24?,26?/m1/s1. The molecule has 7 saturated carbocycles. The van der Waals surface area contributed by atoms with E-state index in [2.05, 4.69) is 6.08 Å². The van der Waals surface area contributed by atoms with E-state index in [1.54, 1.807) is 0 Å². The largest absolute Gasteiger partial charge is 0.402 e. The molecule has 8 aliphatic carbocycles. The Morgan fingerprint density at radius 1 is 0.875 bits per heavy atom. The number of fused-ring (bicyclic) bond motifs is 1. The van der Waals surface area contributed by atoms with Gasteiger partial charge in [-0.25, -0.2) is 0 Å². The molecule has 8 aliphatic rings. The molecule has 0 aliphatic heterocycles. The van der Waals surface area contributed by atoms with Crippen LogP contribution in [0.15, 0.2) is 11.8 Å². The molecule has 1 spiro atoms. The average molecular weight is 440 g/mol. The number of hydrogen-bond acceptors (Lipinski definition) is 6. The molecule has 174 valence electrons. The number of nitrogens with two attached hydrogens (primary N) is 3. The van der Waals surface area contributed by atoms with E-state index in [0.717, 1.165) is 44.2 Å². The molecule has 17 atom stereocenters. The Kier molecular flexibility index (Phi) is 3.52. The zero-order valence-corrected chi connectivity index (χ0v) is 18.6. The number of Topliss-reactive ketones (excluding diaryl/α,β-unsaturated/α-hetero) is 1. The summed E-state index contributed by atoms with van der Waals surface area (Å²) in [6.45, 7) is 0. The fourth-order valence-corrected chi connectivity index (χ4v) is 12.1. The number of aliphatic hydroxyl groups excluding tert-OH is 2. The van der Waals surface area contributed by atoms with Gasteiger partial charge >= 0.3 is 0 Å². The van der Waals surface area contributed by atoms with Gasteiger partial charge in [0.25, 0.3) is 0 Å². The van der Waals surface area contributed by atoms with E-state index in [-0.39, 0.29) is 53.2 Å². The van der Waals surface area contributed by atoms with Crippen LogP contribution in [0.4, 0.5) is 0 Å². The Morgan fingerprint density at radius 3 is 2.41 bits per heavy atom. The highest BCUT2D eigenvalue weighted by atomic mass is 16.3. The first kappa shape index (κ1) is 19.4. The fourth-order valence-electron chi connectivity index (χ4n) is 12.1. The van der Waals surface area contributed by atoms with E-state index in [4.69, 9.17) is 17.2 Å². The number of carbonyl (C=O) groups is 1. The van der Waals surface area contributed by atoms with E-state index in [1.165, 1.54) is 0 Å². The summed E-state index contributed by atoms with van der Waals surface area (Å²) in [4.78, 5) is 14.2. The Morgan fingerprint density at radius 2 is 1.59 bits per heavy atom. The number of carbonyl (C=O) groups excluding carboxylic acids is 1. The lowest BCUT2D eigenvalue weighted by Crippen LogP contribution is -2.68. The maximum Gasteiger partial charge on any atom is 0.144 e. The monoisotopic (exact) mass is 439 g/mol. The molecule has 15 unspecified atom stereocenters. The minimum Gasteiger partial charge on any atom is -0.402 e. The molecule has 0 aromatic carbocycles. The second-order valence-electron chi connectivity index (χ2n) is 13.2. The lowest BCUT2D eigenvalue weighted by atomic mass is 9.36. The molecule has 8 N–H and O–H groups in total. The first-order valence-corrected chi connectivity index (χ1v) is 13.2. The van der Waals surface area contributed by atoms with E-state index >= 15 is 0 Å². The molecule has 0 bridgehead atoms. The maximum atomic E-state index is 14.2. The first-order chi connectivity index (χ1) is 15.3. The summed E-state index contributed by atoms with van der Waals surface area (Å²) in [6, 6.07) is 0.109. The zero-order valence-electron chi connectivity index (χ0n) is 18.6. The average Bonchev–Trinajstić information content (AvgIpc) is 3.41. The molecule has 6 nitrogen and oxygen atoms in total. The molecule has 0 amide bonds. The van der Waals surface area contributed by atoms with E-state index in [0.29, 0.717) is 47.2 Å². The van der Waals surface area contributed by atoms with Crippen LogP contribution in [-0.4, -0.2) is 40.3 Å². The molecule has 0 aromatic heterocycles. The highest BCUT2D eigenvalue weighted by Gasteiger charge is 2.86. The van der Waals surface area contributed by atoms with Crippen molar-refractivity contribution in [2.45, 2.75) is 62.8 Å². The summed E-state index contributed by atoms with van der Waals surface area (Å²) < 4.78 is 0. The fraction of sp³-hybridized carbons (Fsp3) is 0.885. The van der Waals surface area contributed by atoms with Crippen molar-refractivity contribution in [1.82, 2.24) is 0 Å². The predicted molar refractivity (Wildman–Crippen MR) is 117 cm³/mol. The van der Waals surface area contributed by atoms with Crippen LogP contribution in [0.25, 0.3) is 0 Å². The lowest BCUT2D eigenvalue weighted by molar-refractivity contribution is -0.238. The smallest absolute Gasteiger partial charge is 0.144 e. The molecule has 6 heteroatoms. The van der Waals surface area contributed by atoms with Gasteiger partial charge in [-0.05, 0) is 103 Å². The van der Waals surface area contributed by atoms with Crippen molar-refractivity contribution < 1.29 is 15.0 Å². The van der Waals surface area contributed by atoms with Crippen LogP contribution in [0.5, 0.6) is 0 Å². The molecule has 0 saturated heterocycles. The molecule has 0 aromatic rings. The maximum absolute atomic E-state index is 14.2. The SMILES string of the molecule is NC1=CC2C(=O)[C@H]3C4CC(N)CC5C(O)C6CC(N)CC7C(O)CC(C1)C2[C@@H]1C7C6C1C543. The molecule has 32 heavy (non-hydrogen) atoms. The van der Waals surface area contributed by atoms with Crippen molar-refractivity contribution >= 4 is 5.78 Å². The van der Waals surface area contributed by atoms with E-state index in [9.17, 15) is 15.0 Å². The van der Waals surface area contributed by atoms with Crippen molar-refractivity contribution in [3.63, 3.8) is 0 Å². The van der Waals surface area contributed by atoms with Gasteiger partial charge in [0.05, 0.1) is 12.2 Å². The van der Waals surface area contributed by atoms with Gasteiger partial charge in [-0.15, -0.1) is 0 Å². The Balaban J connectivity index is 1.37. The van der Waals surface area contributed by atoms with Gasteiger partial charge in [0.15, 0.2) is 0 Å². The van der Waals surface area contributed by atoms with E-state index < -0.39 is 6.10 Å². The number of allylic oxidation sites excluding steroid dienone is 2. The quantitative estimate of drug-likeness (QED) is 0.375. The van der Waals surface area contributed by atoms with Gasteiger partial charge in [0.2, 0.25) is 0 Å². The van der Waals surface area contributed by atoms with Gasteiger partial charge in [-0.1, -0.05) is 6.08 Å². The Labute approximate surface area is 189 Å². The van der Waals surface area contributed by atoms with Crippen LogP contribution < -0.4 is 17.2 Å². The molecule has 0 radical (unpaired) electrons. The van der Waals surface area contributed by atoms with Crippen LogP contribution in [0, 0.1) is 76.4 Å². The van der Waals surface area contributed by atoms with Crippen LogP contribution in [0.2, 0.25) is 0 Å². The molecule has 0 heterocycles. The van der Waals surface area contributed by atoms with Gasteiger partial charge in [-0.2, -0.15) is 0 Å². The number of hydrogen-bond donors (Lipinski definition) is 5. The number of aliphatic hydroxyl groups is 2. The third kappa shape index (κ3) is 1.92. The summed E-state index contributed by atoms with van der Waals surface area (Å²) in [7, 11) is 0. The highest BCUT2D eigenvalue weighted by molar-refractivity contribution is 5.90. The summed E-state index contributed by atoms with van der Waals surface area (Å²) in [5.74, 6) is 3.59. The second-order valence-corrected chi connectivity index (χ2v) is 13.2. The molecule has 8 rings (SSSR count). The summed E-state index contributed by atoms with van der Waals surface area (Å²) >= 11 is 0. The van der Waals surface area contributed by atoms with Crippen LogP contribution in [-0.2, 0) is 4.79 Å². The van der Waals surface area contributed by atoms with Crippen LogP contribution in [0.1, 0.15) is 38.5 Å². The van der Waals surface area contributed by atoms with E-state index in [1.807, 2.05) is 0 Å². The summed E-state index contributed by atoms with van der Waals surface area (Å²) in [6.07, 6.45) is 6.35. The van der Waals surface area contributed by atoms with Crippen LogP contribution >= 0.6 is 0 Å². The Hall–Kier alpha value is -0.950. The van der Waals surface area contributed by atoms with Gasteiger partial charge in [0.1, 0.15) is 5.78 Å². The normalized spacial score (nSPS) is 67.8. The molecular formula is C26H37N3O3. The van der Waals surface area contributed by atoms with Gasteiger partial charge in [0, 0.05) is 29.6 Å². The third-order valence-corrected chi connectivity index (χ3v) is 12.5. The third-order valence-electron chi connectivity index (χ3n) is 12.5. The van der Waals surface area contributed by atoms with Crippen molar-refractivity contribution in [2.75, 3.05) is 0 Å². The number of ketones is 1. The van der Waals surface area contributed by atoms with Crippen molar-refractivity contribution in [1.29, 1.82) is 0 Å². The van der Waals surface area contributed by atoms with Crippen molar-refractivity contribution in [3.05, 3.63) is 11.8 Å². The topological polar surface area (TPSA) is 136 Å². The van der Waals surface area contributed by atoms with Gasteiger partial charge < -0.3 is 27.4 Å². The number of rotatable bonds is 0. The zero-order chi connectivity index (χ0) is 21.8. The molecular weight excluding hydrogens is 402 g/mol. The second kappa shape index (κ2) is 5.81. The first-order valence-electron chi connectivity index (χ1n) is 13.2. The minimum atomic E-state index is -0.411. The summed E-state index contributed by atoms with van der Waals surface area (Å²) in [5.41, 5.74) is 20.4. The predicted octanol–water partition coefficient (Wildman–Crippen LogP) is 0.605. The van der Waals surface area contributed by atoms with Gasteiger partial charge in [-0.3, -0.25) is 4.79 Å². The van der Waals surface area contributed by atoms with Crippen LogP contribution in [0.3, 0.4) is 0 Å². The minimum absolute atomic E-state index is 0.0296. The van der Waals surface area contributed by atoms with Crippen molar-refractivity contribution in [2.24, 2.45) is 93.6 Å². The highest BCUT2D eigenvalue weighted by Crippen LogP contribution is 2.86. The van der Waals surface area contributed by atoms with Crippen molar-refractivity contribution in [3.8, 4) is 0 Å². The molecule has 7 fully saturated rings.